The second-order valence-corrected chi connectivity index (χ2v) is 9.06. The Morgan fingerprint density at radius 1 is 1.08 bits per heavy atom. The molecule has 0 unspecified atom stereocenters. The van der Waals surface area contributed by atoms with Crippen LogP contribution < -0.4 is 10.3 Å². The van der Waals surface area contributed by atoms with Gasteiger partial charge in [0.2, 0.25) is 12.3 Å². The molecule has 11 heteroatoms. The maximum absolute atomic E-state index is 13.3. The predicted octanol–water partition coefficient (Wildman–Crippen LogP) is 6.92. The van der Waals surface area contributed by atoms with E-state index in [2.05, 4.69) is 10.1 Å². The van der Waals surface area contributed by atoms with Gasteiger partial charge in [-0.3, -0.25) is 9.78 Å². The third kappa shape index (κ3) is 8.59. The van der Waals surface area contributed by atoms with Gasteiger partial charge in [-0.25, -0.2) is 17.9 Å². The molecule has 1 aromatic carbocycles. The summed E-state index contributed by atoms with van der Waals surface area (Å²) in [7, 11) is 0. The van der Waals surface area contributed by atoms with Crippen molar-refractivity contribution in [2.75, 3.05) is 6.61 Å². The van der Waals surface area contributed by atoms with E-state index in [-0.39, 0.29) is 29.9 Å². The van der Waals surface area contributed by atoms with Crippen LogP contribution >= 0.6 is 0 Å². The van der Waals surface area contributed by atoms with Gasteiger partial charge in [0.05, 0.1) is 24.4 Å². The van der Waals surface area contributed by atoms with Gasteiger partial charge < -0.3 is 4.74 Å². The molecule has 0 bridgehead atoms. The van der Waals surface area contributed by atoms with Crippen molar-refractivity contribution in [2.45, 2.75) is 70.5 Å². The quantitative estimate of drug-likeness (QED) is 0.305. The molecule has 1 aliphatic carbocycles. The first-order chi connectivity index (χ1) is 18.0. The van der Waals surface area contributed by atoms with Crippen molar-refractivity contribution in [3.05, 3.63) is 87.2 Å². The fourth-order valence-corrected chi connectivity index (χ4v) is 4.24. The van der Waals surface area contributed by atoms with Crippen molar-refractivity contribution < 1.29 is 31.1 Å². The first-order valence-corrected chi connectivity index (χ1v) is 12.3. The largest absolute Gasteiger partial charge is 0.476 e. The number of ether oxygens (including phenoxy) is 1. The van der Waals surface area contributed by atoms with E-state index in [0.29, 0.717) is 5.56 Å². The van der Waals surface area contributed by atoms with Crippen LogP contribution in [0, 0.1) is 12.7 Å². The molecule has 3 aromatic rings. The monoisotopic (exact) mass is 541 g/mol. The summed E-state index contributed by atoms with van der Waals surface area (Å²) in [5.74, 6) is -0.283. The number of aryl methyl sites for hydroxylation is 1. The number of halogens is 6. The summed E-state index contributed by atoms with van der Waals surface area (Å²) in [4.78, 5) is 16.8. The molecular weight excluding hydrogens is 512 g/mol. The summed E-state index contributed by atoms with van der Waals surface area (Å²) in [6.07, 6.45) is -2.03. The normalized spacial score (nSPS) is 14.2. The summed E-state index contributed by atoms with van der Waals surface area (Å²) in [5.41, 5.74) is -0.464. The maximum Gasteiger partial charge on any atom is 0.418 e. The van der Waals surface area contributed by atoms with Gasteiger partial charge in [-0.1, -0.05) is 31.4 Å². The summed E-state index contributed by atoms with van der Waals surface area (Å²) < 4.78 is 83.1. The molecule has 2 heterocycles. The van der Waals surface area contributed by atoms with Crippen LogP contribution in [-0.2, 0) is 12.7 Å². The van der Waals surface area contributed by atoms with Crippen LogP contribution in [0.25, 0.3) is 0 Å². The van der Waals surface area contributed by atoms with E-state index in [1.807, 2.05) is 13.0 Å². The lowest BCUT2D eigenvalue weighted by Gasteiger charge is -2.22. The molecule has 1 fully saturated rings. The Balaban J connectivity index is 0.000000427. The standard InChI is InChI=1S/C20H22F5N3O2.C7H7F/c21-17(22)8-10-30-18-11-14(13-5-2-1-3-6-13)19(29)28(27-18)12-16-15(20(23,24)25)7-4-9-26-16;1-6-3-2-4-7(8)5-6/h4,7,9,11,13,17H,1-3,5-6,8,10,12H2;2-5H,1H3. The molecule has 0 N–H and O–H groups in total. The number of hydrogen-bond donors (Lipinski definition) is 0. The van der Waals surface area contributed by atoms with Crippen molar-refractivity contribution in [1.29, 1.82) is 0 Å². The summed E-state index contributed by atoms with van der Waals surface area (Å²) >= 11 is 0. The van der Waals surface area contributed by atoms with Crippen LogP contribution in [0.2, 0.25) is 0 Å². The first-order valence-electron chi connectivity index (χ1n) is 12.3. The highest BCUT2D eigenvalue weighted by Gasteiger charge is 2.34. The molecule has 5 nitrogen and oxygen atoms in total. The number of benzene rings is 1. The van der Waals surface area contributed by atoms with Gasteiger partial charge in [-0.05, 0) is 55.5 Å². The Kier molecular flexibility index (Phi) is 10.3. The fraction of sp³-hybridized carbons (Fsp3) is 0.444. The highest BCUT2D eigenvalue weighted by Crippen LogP contribution is 2.33. The predicted molar refractivity (Wildman–Crippen MR) is 130 cm³/mol. The molecule has 1 aliphatic rings. The Labute approximate surface area is 216 Å². The fourth-order valence-electron chi connectivity index (χ4n) is 4.24. The van der Waals surface area contributed by atoms with Crippen molar-refractivity contribution in [3.8, 4) is 5.88 Å². The van der Waals surface area contributed by atoms with Crippen LogP contribution in [0.4, 0.5) is 26.3 Å². The topological polar surface area (TPSA) is 57.0 Å². The van der Waals surface area contributed by atoms with Crippen LogP contribution in [-0.4, -0.2) is 27.8 Å². The van der Waals surface area contributed by atoms with Crippen LogP contribution in [0.5, 0.6) is 5.88 Å². The zero-order chi connectivity index (χ0) is 27.7. The minimum absolute atomic E-state index is 0.0553. The summed E-state index contributed by atoms with van der Waals surface area (Å²) in [6.45, 7) is 1.05. The van der Waals surface area contributed by atoms with Crippen molar-refractivity contribution in [2.24, 2.45) is 0 Å². The lowest BCUT2D eigenvalue weighted by Crippen LogP contribution is -2.30. The molecule has 1 saturated carbocycles. The van der Waals surface area contributed by atoms with Crippen LogP contribution in [0.1, 0.15) is 66.8 Å². The highest BCUT2D eigenvalue weighted by molar-refractivity contribution is 5.26. The van der Waals surface area contributed by atoms with E-state index >= 15 is 0 Å². The smallest absolute Gasteiger partial charge is 0.418 e. The van der Waals surface area contributed by atoms with E-state index in [9.17, 15) is 31.1 Å². The van der Waals surface area contributed by atoms with Gasteiger partial charge in [-0.15, -0.1) is 5.10 Å². The lowest BCUT2D eigenvalue weighted by molar-refractivity contribution is -0.138. The molecule has 0 spiro atoms. The number of rotatable bonds is 7. The number of pyridine rings is 1. The van der Waals surface area contributed by atoms with Gasteiger partial charge in [0.15, 0.2) is 0 Å². The molecule has 38 heavy (non-hydrogen) atoms. The molecule has 0 radical (unpaired) electrons. The lowest BCUT2D eigenvalue weighted by atomic mass is 9.85. The molecule has 0 saturated heterocycles. The Hall–Kier alpha value is -3.37. The number of alkyl halides is 5. The van der Waals surface area contributed by atoms with E-state index in [0.717, 1.165) is 48.4 Å². The van der Waals surface area contributed by atoms with Crippen LogP contribution in [0.15, 0.2) is 53.5 Å². The highest BCUT2D eigenvalue weighted by atomic mass is 19.4. The third-order valence-corrected chi connectivity index (χ3v) is 6.09. The van der Waals surface area contributed by atoms with E-state index < -0.39 is 36.7 Å². The van der Waals surface area contributed by atoms with Gasteiger partial charge >= 0.3 is 6.18 Å². The van der Waals surface area contributed by atoms with Crippen molar-refractivity contribution in [1.82, 2.24) is 14.8 Å². The van der Waals surface area contributed by atoms with Gasteiger partial charge in [0.25, 0.3) is 5.56 Å². The Morgan fingerprint density at radius 2 is 1.82 bits per heavy atom. The Morgan fingerprint density at radius 3 is 2.42 bits per heavy atom. The second-order valence-electron chi connectivity index (χ2n) is 9.06. The summed E-state index contributed by atoms with van der Waals surface area (Å²) in [6, 6.07) is 9.99. The Bertz CT molecular complexity index is 1220. The molecule has 0 amide bonds. The third-order valence-electron chi connectivity index (χ3n) is 6.09. The van der Waals surface area contributed by atoms with Gasteiger partial charge in [0.1, 0.15) is 5.82 Å². The summed E-state index contributed by atoms with van der Waals surface area (Å²) in [5, 5.41) is 3.97. The number of hydrogen-bond acceptors (Lipinski definition) is 4. The minimum Gasteiger partial charge on any atom is -0.476 e. The zero-order valence-electron chi connectivity index (χ0n) is 20.9. The average Bonchev–Trinajstić information content (AvgIpc) is 2.86. The SMILES string of the molecule is Cc1cccc(F)c1.O=c1c(C2CCCCC2)cc(OCCC(F)F)nn1Cc1ncccc1C(F)(F)F. The first kappa shape index (κ1) is 29.2. The van der Waals surface area contributed by atoms with Crippen molar-refractivity contribution in [3.63, 3.8) is 0 Å². The zero-order valence-corrected chi connectivity index (χ0v) is 20.9. The maximum atomic E-state index is 13.3. The van der Waals surface area contributed by atoms with Crippen molar-refractivity contribution >= 4 is 0 Å². The minimum atomic E-state index is -4.63. The second kappa shape index (κ2) is 13.4. The molecule has 206 valence electrons. The number of aromatic nitrogens is 3. The molecule has 4 rings (SSSR count). The van der Waals surface area contributed by atoms with Crippen LogP contribution in [0.3, 0.4) is 0 Å². The van der Waals surface area contributed by atoms with E-state index in [1.165, 1.54) is 30.5 Å². The molecule has 0 aliphatic heterocycles. The molecule has 2 aromatic heterocycles. The van der Waals surface area contributed by atoms with E-state index in [1.54, 1.807) is 6.07 Å². The number of nitrogens with zero attached hydrogens (tertiary/aromatic N) is 3. The average molecular weight is 542 g/mol. The van der Waals surface area contributed by atoms with Gasteiger partial charge in [0, 0.05) is 24.2 Å². The van der Waals surface area contributed by atoms with Gasteiger partial charge in [-0.2, -0.15) is 13.2 Å². The molecule has 0 atom stereocenters. The molecular formula is C27H29F6N3O2. The van der Waals surface area contributed by atoms with E-state index in [4.69, 9.17) is 4.74 Å².